The molecule has 7 nitrogen and oxygen atoms in total. The Hall–Kier alpha value is -1.29. The number of nitrogens with zero attached hydrogens (tertiary/aromatic N) is 2. The zero-order chi connectivity index (χ0) is 14.0. The van der Waals surface area contributed by atoms with Crippen molar-refractivity contribution < 1.29 is 12.9 Å². The van der Waals surface area contributed by atoms with Crippen LogP contribution in [0.25, 0.3) is 0 Å². The van der Waals surface area contributed by atoms with E-state index in [9.17, 15) is 8.42 Å². The summed E-state index contributed by atoms with van der Waals surface area (Å²) in [5.74, 6) is 0.687. The van der Waals surface area contributed by atoms with Crippen molar-refractivity contribution in [2.45, 2.75) is 31.8 Å². The van der Waals surface area contributed by atoms with E-state index in [1.165, 1.54) is 11.3 Å². The smallest absolute Gasteiger partial charge is 0.242 e. The molecule has 19 heavy (non-hydrogen) atoms. The maximum atomic E-state index is 12.2. The lowest BCUT2D eigenvalue weighted by molar-refractivity contribution is 0.372. The zero-order valence-corrected chi connectivity index (χ0v) is 12.1. The molecular formula is C10H14N4O3S2. The van der Waals surface area contributed by atoms with Crippen LogP contribution < -0.4 is 10.5 Å². The van der Waals surface area contributed by atoms with E-state index in [1.807, 2.05) is 0 Å². The molecular weight excluding hydrogens is 288 g/mol. The van der Waals surface area contributed by atoms with Crippen LogP contribution in [0.2, 0.25) is 0 Å². The first-order chi connectivity index (χ1) is 8.94. The van der Waals surface area contributed by atoms with Crippen molar-refractivity contribution in [2.75, 3.05) is 0 Å². The summed E-state index contributed by atoms with van der Waals surface area (Å²) < 4.78 is 31.7. The van der Waals surface area contributed by atoms with Crippen LogP contribution in [0.4, 0.5) is 0 Å². The Morgan fingerprint density at radius 3 is 2.79 bits per heavy atom. The monoisotopic (exact) mass is 302 g/mol. The summed E-state index contributed by atoms with van der Waals surface area (Å²) in [6, 6.07) is 0. The fourth-order valence-corrected chi connectivity index (χ4v) is 4.30. The predicted octanol–water partition coefficient (Wildman–Crippen LogP) is 0.685. The van der Waals surface area contributed by atoms with E-state index < -0.39 is 10.0 Å². The molecule has 2 heterocycles. The minimum absolute atomic E-state index is 0.0392. The van der Waals surface area contributed by atoms with Gasteiger partial charge >= 0.3 is 0 Å². The molecule has 104 valence electrons. The fourth-order valence-electron chi connectivity index (χ4n) is 1.63. The molecule has 0 fully saturated rings. The molecule has 0 aromatic carbocycles. The molecule has 0 spiro atoms. The van der Waals surface area contributed by atoms with Gasteiger partial charge in [-0.1, -0.05) is 5.16 Å². The molecule has 2 aromatic rings. The summed E-state index contributed by atoms with van der Waals surface area (Å²) in [5.41, 5.74) is 6.23. The molecule has 0 aliphatic carbocycles. The van der Waals surface area contributed by atoms with Gasteiger partial charge in [-0.3, -0.25) is 0 Å². The molecule has 0 saturated carbocycles. The first-order valence-electron chi connectivity index (χ1n) is 5.50. The maximum Gasteiger partial charge on any atom is 0.242 e. The second kappa shape index (κ2) is 5.37. The van der Waals surface area contributed by atoms with Crippen LogP contribution in [0.15, 0.2) is 14.8 Å². The second-order valence-electron chi connectivity index (χ2n) is 3.94. The maximum absolute atomic E-state index is 12.2. The molecule has 9 heteroatoms. The van der Waals surface area contributed by atoms with Crippen LogP contribution in [0, 0.1) is 13.8 Å². The highest BCUT2D eigenvalue weighted by Crippen LogP contribution is 2.26. The predicted molar refractivity (Wildman–Crippen MR) is 70.0 cm³/mol. The first kappa shape index (κ1) is 14.1. The molecule has 0 atom stereocenters. The van der Waals surface area contributed by atoms with Crippen LogP contribution in [-0.2, 0) is 23.1 Å². The summed E-state index contributed by atoms with van der Waals surface area (Å²) in [4.78, 5) is 4.81. The summed E-state index contributed by atoms with van der Waals surface area (Å²) in [6.45, 7) is 3.55. The van der Waals surface area contributed by atoms with E-state index in [2.05, 4.69) is 14.9 Å². The number of aromatic nitrogens is 2. The third-order valence-electron chi connectivity index (χ3n) is 2.43. The molecule has 0 amide bonds. The van der Waals surface area contributed by atoms with Gasteiger partial charge in [0, 0.05) is 11.4 Å². The van der Waals surface area contributed by atoms with Gasteiger partial charge in [0.15, 0.2) is 5.82 Å². The average Bonchev–Trinajstić information content (AvgIpc) is 2.93. The average molecular weight is 302 g/mol. The van der Waals surface area contributed by atoms with E-state index in [-0.39, 0.29) is 23.9 Å². The van der Waals surface area contributed by atoms with E-state index in [0.29, 0.717) is 16.3 Å². The number of hydrogen-bond acceptors (Lipinski definition) is 7. The molecule has 3 N–H and O–H groups in total. The third kappa shape index (κ3) is 3.00. The fraction of sp³-hybridized carbons (Fsp3) is 0.400. The summed E-state index contributed by atoms with van der Waals surface area (Å²) in [6.07, 6.45) is 0. The summed E-state index contributed by atoms with van der Waals surface area (Å²) in [5, 5.41) is 5.36. The Morgan fingerprint density at radius 1 is 1.47 bits per heavy atom. The SMILES string of the molecule is Cc1noc(CNS(=O)(=O)c2c(C)csc2CN)n1. The normalized spacial score (nSPS) is 11.9. The standard InChI is InChI=1S/C10H14N4O3S2/c1-6-5-18-8(3-11)10(6)19(15,16)12-4-9-13-7(2)14-17-9/h5,12H,3-4,11H2,1-2H3. The molecule has 0 radical (unpaired) electrons. The Kier molecular flexibility index (Phi) is 3.99. The van der Waals surface area contributed by atoms with E-state index in [0.717, 1.165) is 0 Å². The third-order valence-corrected chi connectivity index (χ3v) is 5.31. The lowest BCUT2D eigenvalue weighted by Gasteiger charge is -2.06. The number of nitrogens with one attached hydrogen (secondary N) is 1. The summed E-state index contributed by atoms with van der Waals surface area (Å²) in [7, 11) is -3.63. The molecule has 0 unspecified atom stereocenters. The van der Waals surface area contributed by atoms with Gasteiger partial charge in [-0.15, -0.1) is 11.3 Å². The van der Waals surface area contributed by atoms with Crippen molar-refractivity contribution in [2.24, 2.45) is 5.73 Å². The van der Waals surface area contributed by atoms with Crippen molar-refractivity contribution in [3.8, 4) is 0 Å². The second-order valence-corrected chi connectivity index (χ2v) is 6.60. The van der Waals surface area contributed by atoms with Gasteiger partial charge in [-0.25, -0.2) is 13.1 Å². The molecule has 0 saturated heterocycles. The number of sulfonamides is 1. The number of aryl methyl sites for hydroxylation is 2. The Balaban J connectivity index is 2.20. The van der Waals surface area contributed by atoms with E-state index >= 15 is 0 Å². The van der Waals surface area contributed by atoms with Gasteiger partial charge in [-0.05, 0) is 24.8 Å². The lowest BCUT2D eigenvalue weighted by Crippen LogP contribution is -2.25. The highest BCUT2D eigenvalue weighted by molar-refractivity contribution is 7.89. The van der Waals surface area contributed by atoms with Gasteiger partial charge in [-0.2, -0.15) is 4.98 Å². The molecule has 0 aliphatic heterocycles. The van der Waals surface area contributed by atoms with Crippen LogP contribution >= 0.6 is 11.3 Å². The molecule has 2 rings (SSSR count). The van der Waals surface area contributed by atoms with Crippen LogP contribution in [0.5, 0.6) is 0 Å². The van der Waals surface area contributed by atoms with Crippen molar-refractivity contribution >= 4 is 21.4 Å². The lowest BCUT2D eigenvalue weighted by atomic mass is 10.3. The van der Waals surface area contributed by atoms with E-state index in [1.54, 1.807) is 19.2 Å². The van der Waals surface area contributed by atoms with Crippen LogP contribution in [-0.4, -0.2) is 18.6 Å². The number of nitrogens with two attached hydrogens (primary N) is 1. The highest BCUT2D eigenvalue weighted by atomic mass is 32.2. The van der Waals surface area contributed by atoms with Gasteiger partial charge in [0.05, 0.1) is 6.54 Å². The minimum atomic E-state index is -3.63. The Bertz CT molecular complexity index is 675. The quantitative estimate of drug-likeness (QED) is 0.840. The number of hydrogen-bond donors (Lipinski definition) is 2. The van der Waals surface area contributed by atoms with Crippen molar-refractivity contribution in [1.82, 2.24) is 14.9 Å². The van der Waals surface area contributed by atoms with Crippen molar-refractivity contribution in [3.63, 3.8) is 0 Å². The van der Waals surface area contributed by atoms with Crippen molar-refractivity contribution in [1.29, 1.82) is 0 Å². The minimum Gasteiger partial charge on any atom is -0.338 e. The number of rotatable bonds is 5. The largest absolute Gasteiger partial charge is 0.338 e. The topological polar surface area (TPSA) is 111 Å². The first-order valence-corrected chi connectivity index (χ1v) is 7.86. The zero-order valence-electron chi connectivity index (χ0n) is 10.5. The van der Waals surface area contributed by atoms with Gasteiger partial charge in [0.1, 0.15) is 4.90 Å². The molecule has 0 aliphatic rings. The van der Waals surface area contributed by atoms with Crippen LogP contribution in [0.1, 0.15) is 22.2 Å². The molecule has 0 bridgehead atoms. The Morgan fingerprint density at radius 2 is 2.21 bits per heavy atom. The van der Waals surface area contributed by atoms with Gasteiger partial charge in [0.25, 0.3) is 0 Å². The number of thiophene rings is 1. The van der Waals surface area contributed by atoms with Gasteiger partial charge in [0.2, 0.25) is 15.9 Å². The summed E-state index contributed by atoms with van der Waals surface area (Å²) >= 11 is 1.33. The van der Waals surface area contributed by atoms with Crippen LogP contribution in [0.3, 0.4) is 0 Å². The molecule has 2 aromatic heterocycles. The van der Waals surface area contributed by atoms with E-state index in [4.69, 9.17) is 10.3 Å². The van der Waals surface area contributed by atoms with Gasteiger partial charge < -0.3 is 10.3 Å². The Labute approximate surface area is 114 Å². The highest BCUT2D eigenvalue weighted by Gasteiger charge is 2.22. The van der Waals surface area contributed by atoms with Crippen molar-refractivity contribution in [3.05, 3.63) is 27.5 Å².